The van der Waals surface area contributed by atoms with E-state index in [2.05, 4.69) is 59.0 Å². The quantitative estimate of drug-likeness (QED) is 0.687. The van der Waals surface area contributed by atoms with E-state index < -0.39 is 0 Å². The molecule has 23 heavy (non-hydrogen) atoms. The van der Waals surface area contributed by atoms with Gasteiger partial charge in [-0.1, -0.05) is 30.3 Å². The summed E-state index contributed by atoms with van der Waals surface area (Å²) in [6.45, 7) is 3.21. The summed E-state index contributed by atoms with van der Waals surface area (Å²) in [5.41, 5.74) is 3.54. The Morgan fingerprint density at radius 2 is 2.00 bits per heavy atom. The van der Waals surface area contributed by atoms with E-state index >= 15 is 0 Å². The lowest BCUT2D eigenvalue weighted by Crippen LogP contribution is -2.25. The van der Waals surface area contributed by atoms with Crippen molar-refractivity contribution in [3.63, 3.8) is 0 Å². The molecule has 0 aliphatic rings. The molecular formula is C19H22N2OS. The number of nitrogens with one attached hydrogen (secondary N) is 1. The minimum absolute atomic E-state index is 0.207. The number of fused-ring (bicyclic) bond motifs is 1. The maximum absolute atomic E-state index is 9.34. The van der Waals surface area contributed by atoms with Crippen LogP contribution in [0.25, 0.3) is 10.2 Å². The van der Waals surface area contributed by atoms with Crippen molar-refractivity contribution in [1.82, 2.24) is 10.3 Å². The highest BCUT2D eigenvalue weighted by molar-refractivity contribution is 7.17. The second-order valence-electron chi connectivity index (χ2n) is 5.82. The van der Waals surface area contributed by atoms with Crippen LogP contribution in [0.5, 0.6) is 0 Å². The minimum atomic E-state index is 0.207. The van der Waals surface area contributed by atoms with E-state index in [0.29, 0.717) is 5.92 Å². The number of nitrogens with zero attached hydrogens (tertiary/aromatic N) is 1. The summed E-state index contributed by atoms with van der Waals surface area (Å²) in [7, 11) is 0. The highest BCUT2D eigenvalue weighted by Gasteiger charge is 2.13. The van der Waals surface area contributed by atoms with Crippen LogP contribution < -0.4 is 5.32 Å². The molecule has 0 radical (unpaired) electrons. The van der Waals surface area contributed by atoms with Crippen LogP contribution >= 0.6 is 11.3 Å². The standard InChI is InChI=1S/C19H22N2OS/c1-14(17-11-19-18(21-13-17)8-10-23-19)20-12-16(7-9-22)15-5-3-2-4-6-15/h2-6,8,10-11,13-14,16,20,22H,7,9,12H2,1H3. The molecule has 3 nitrogen and oxygen atoms in total. The molecule has 2 unspecified atom stereocenters. The van der Waals surface area contributed by atoms with Gasteiger partial charge in [-0.25, -0.2) is 0 Å². The molecule has 2 atom stereocenters. The number of thiophene rings is 1. The SMILES string of the molecule is CC(NCC(CCO)c1ccccc1)c1cnc2ccsc2c1. The number of benzene rings is 1. The fourth-order valence-electron chi connectivity index (χ4n) is 2.80. The number of pyridine rings is 1. The third-order valence-electron chi connectivity index (χ3n) is 4.24. The van der Waals surface area contributed by atoms with Gasteiger partial charge in [0.05, 0.1) is 10.2 Å². The molecule has 0 spiro atoms. The number of aromatic nitrogens is 1. The van der Waals surface area contributed by atoms with Crippen LogP contribution in [0.1, 0.15) is 36.4 Å². The van der Waals surface area contributed by atoms with Crippen molar-refractivity contribution in [3.05, 3.63) is 65.2 Å². The molecule has 0 amide bonds. The molecular weight excluding hydrogens is 304 g/mol. The minimum Gasteiger partial charge on any atom is -0.396 e. The predicted molar refractivity (Wildman–Crippen MR) is 96.9 cm³/mol. The van der Waals surface area contributed by atoms with Crippen LogP contribution in [0, 0.1) is 0 Å². The summed E-state index contributed by atoms with van der Waals surface area (Å²) in [4.78, 5) is 4.51. The van der Waals surface area contributed by atoms with Crippen molar-refractivity contribution in [1.29, 1.82) is 0 Å². The largest absolute Gasteiger partial charge is 0.396 e. The lowest BCUT2D eigenvalue weighted by molar-refractivity contribution is 0.272. The van der Waals surface area contributed by atoms with Gasteiger partial charge in [0.25, 0.3) is 0 Å². The first kappa shape index (κ1) is 16.1. The molecule has 120 valence electrons. The monoisotopic (exact) mass is 326 g/mol. The molecule has 3 aromatic rings. The van der Waals surface area contributed by atoms with Crippen LogP contribution in [0.3, 0.4) is 0 Å². The van der Waals surface area contributed by atoms with Gasteiger partial charge in [-0.3, -0.25) is 4.98 Å². The second kappa shape index (κ2) is 7.68. The Hall–Kier alpha value is -1.75. The molecule has 0 fully saturated rings. The van der Waals surface area contributed by atoms with Gasteiger partial charge in [-0.2, -0.15) is 0 Å². The molecule has 2 heterocycles. The van der Waals surface area contributed by atoms with Crippen molar-refractivity contribution in [2.45, 2.75) is 25.3 Å². The molecule has 3 rings (SSSR count). The maximum Gasteiger partial charge on any atom is 0.0809 e. The number of aliphatic hydroxyl groups is 1. The van der Waals surface area contributed by atoms with Gasteiger partial charge in [0.1, 0.15) is 0 Å². The molecule has 2 N–H and O–H groups in total. The van der Waals surface area contributed by atoms with E-state index in [0.717, 1.165) is 18.5 Å². The first-order valence-corrected chi connectivity index (χ1v) is 8.88. The summed E-state index contributed by atoms with van der Waals surface area (Å²) in [6.07, 6.45) is 2.72. The van der Waals surface area contributed by atoms with Crippen molar-refractivity contribution in [2.24, 2.45) is 0 Å². The Bertz CT molecular complexity index is 741. The number of aliphatic hydroxyl groups excluding tert-OH is 1. The topological polar surface area (TPSA) is 45.1 Å². The molecule has 0 aliphatic carbocycles. The van der Waals surface area contributed by atoms with E-state index in [9.17, 15) is 5.11 Å². The van der Waals surface area contributed by atoms with Crippen LogP contribution in [-0.2, 0) is 0 Å². The average Bonchev–Trinajstić information content (AvgIpc) is 3.06. The van der Waals surface area contributed by atoms with E-state index in [1.165, 1.54) is 15.8 Å². The van der Waals surface area contributed by atoms with Crippen LogP contribution in [0.4, 0.5) is 0 Å². The van der Waals surface area contributed by atoms with Crippen LogP contribution in [-0.4, -0.2) is 23.2 Å². The summed E-state index contributed by atoms with van der Waals surface area (Å²) in [6, 6.07) is 14.9. The number of rotatable bonds is 7. The van der Waals surface area contributed by atoms with E-state index in [4.69, 9.17) is 0 Å². The first-order valence-electron chi connectivity index (χ1n) is 8.00. The highest BCUT2D eigenvalue weighted by Crippen LogP contribution is 2.24. The number of hydrogen-bond acceptors (Lipinski definition) is 4. The van der Waals surface area contributed by atoms with E-state index in [1.807, 2.05) is 12.3 Å². The van der Waals surface area contributed by atoms with E-state index in [1.54, 1.807) is 11.3 Å². The molecule has 2 aromatic heterocycles. The summed E-state index contributed by atoms with van der Waals surface area (Å²) in [5.74, 6) is 0.321. The Morgan fingerprint density at radius 1 is 1.17 bits per heavy atom. The summed E-state index contributed by atoms with van der Waals surface area (Å²) < 4.78 is 1.23. The van der Waals surface area contributed by atoms with Gasteiger partial charge in [-0.15, -0.1) is 11.3 Å². The lowest BCUT2D eigenvalue weighted by atomic mass is 9.95. The molecule has 4 heteroatoms. The van der Waals surface area contributed by atoms with Gasteiger partial charge in [0.2, 0.25) is 0 Å². The fourth-order valence-corrected chi connectivity index (χ4v) is 3.59. The van der Waals surface area contributed by atoms with Gasteiger partial charge in [0.15, 0.2) is 0 Å². The fraction of sp³-hybridized carbons (Fsp3) is 0.316. The summed E-state index contributed by atoms with van der Waals surface area (Å²) >= 11 is 1.72. The Morgan fingerprint density at radius 3 is 2.78 bits per heavy atom. The van der Waals surface area contributed by atoms with E-state index in [-0.39, 0.29) is 12.6 Å². The third kappa shape index (κ3) is 3.96. The summed E-state index contributed by atoms with van der Waals surface area (Å²) in [5, 5.41) is 15.0. The zero-order valence-corrected chi connectivity index (χ0v) is 14.1. The van der Waals surface area contributed by atoms with Gasteiger partial charge >= 0.3 is 0 Å². The zero-order valence-electron chi connectivity index (χ0n) is 13.3. The molecule has 0 aliphatic heterocycles. The lowest BCUT2D eigenvalue weighted by Gasteiger charge is -2.21. The van der Waals surface area contributed by atoms with Gasteiger partial charge in [-0.05, 0) is 47.9 Å². The molecule has 0 saturated carbocycles. The third-order valence-corrected chi connectivity index (χ3v) is 5.10. The van der Waals surface area contributed by atoms with Gasteiger partial charge in [0, 0.05) is 25.4 Å². The average molecular weight is 326 g/mol. The van der Waals surface area contributed by atoms with Crippen molar-refractivity contribution in [3.8, 4) is 0 Å². The second-order valence-corrected chi connectivity index (χ2v) is 6.77. The van der Waals surface area contributed by atoms with Crippen LogP contribution in [0.15, 0.2) is 54.0 Å². The molecule has 0 saturated heterocycles. The van der Waals surface area contributed by atoms with Crippen LogP contribution in [0.2, 0.25) is 0 Å². The zero-order chi connectivity index (χ0) is 16.1. The van der Waals surface area contributed by atoms with Gasteiger partial charge < -0.3 is 10.4 Å². The maximum atomic E-state index is 9.34. The first-order chi connectivity index (χ1) is 11.3. The smallest absolute Gasteiger partial charge is 0.0809 e. The Balaban J connectivity index is 1.67. The number of hydrogen-bond donors (Lipinski definition) is 2. The molecule has 1 aromatic carbocycles. The van der Waals surface area contributed by atoms with Crippen molar-refractivity contribution in [2.75, 3.05) is 13.2 Å². The van der Waals surface area contributed by atoms with Crippen molar-refractivity contribution >= 4 is 21.6 Å². The Kier molecular flexibility index (Phi) is 5.39. The normalized spacial score (nSPS) is 14.0. The molecule has 0 bridgehead atoms. The predicted octanol–water partition coefficient (Wildman–Crippen LogP) is 4.11. The van der Waals surface area contributed by atoms with Crippen molar-refractivity contribution < 1.29 is 5.11 Å². The highest BCUT2D eigenvalue weighted by atomic mass is 32.1. The Labute approximate surface area is 141 Å².